The third kappa shape index (κ3) is 7.86. The molecule has 5 rings (SSSR count). The minimum Gasteiger partial charge on any atom is -0.446 e. The first-order chi connectivity index (χ1) is 22.0. The van der Waals surface area contributed by atoms with Crippen LogP contribution in [0.2, 0.25) is 5.02 Å². The third-order valence-electron chi connectivity index (χ3n) is 7.85. The number of piperidine rings is 1. The van der Waals surface area contributed by atoms with Crippen molar-refractivity contribution < 1.29 is 33.0 Å². The summed E-state index contributed by atoms with van der Waals surface area (Å²) in [6.45, 7) is 13.9. The fraction of sp³-hybridized carbons (Fsp3) is 0.500. The summed E-state index contributed by atoms with van der Waals surface area (Å²) in [6, 6.07) is 3.21. The minimum atomic E-state index is -0.696. The van der Waals surface area contributed by atoms with Gasteiger partial charge in [0.2, 0.25) is 0 Å². The number of anilines is 2. The number of aromatic nitrogens is 2. The maximum absolute atomic E-state index is 15.8. The molecule has 47 heavy (non-hydrogen) atoms. The Morgan fingerprint density at radius 1 is 0.936 bits per heavy atom. The number of likely N-dealkylation sites (tertiary alicyclic amines) is 1. The first kappa shape index (κ1) is 34.2. The molecule has 0 radical (unpaired) electrons. The topological polar surface area (TPSA) is 123 Å². The Labute approximate surface area is 278 Å². The molecule has 2 aliphatic heterocycles. The normalized spacial score (nSPS) is 15.7. The van der Waals surface area contributed by atoms with Crippen molar-refractivity contribution in [2.45, 2.75) is 91.5 Å². The number of fused-ring (bicyclic) bond motifs is 2. The van der Waals surface area contributed by atoms with Crippen molar-refractivity contribution in [3.05, 3.63) is 46.6 Å². The van der Waals surface area contributed by atoms with E-state index in [9.17, 15) is 14.4 Å². The van der Waals surface area contributed by atoms with Crippen LogP contribution in [0.25, 0.3) is 21.9 Å². The first-order valence-electron chi connectivity index (χ1n) is 15.7. The Morgan fingerprint density at radius 3 is 2.26 bits per heavy atom. The van der Waals surface area contributed by atoms with E-state index in [0.29, 0.717) is 66.5 Å². The van der Waals surface area contributed by atoms with Crippen LogP contribution in [0.5, 0.6) is 0 Å². The number of rotatable bonds is 3. The van der Waals surface area contributed by atoms with Gasteiger partial charge >= 0.3 is 18.3 Å². The molecule has 0 aliphatic carbocycles. The van der Waals surface area contributed by atoms with Gasteiger partial charge in [0.05, 0.1) is 16.4 Å². The first-order valence-corrected chi connectivity index (χ1v) is 16.1. The summed E-state index contributed by atoms with van der Waals surface area (Å²) < 4.78 is 32.5. The highest BCUT2D eigenvalue weighted by atomic mass is 35.5. The third-order valence-corrected chi connectivity index (χ3v) is 8.22. The molecule has 11 nitrogen and oxygen atoms in total. The average Bonchev–Trinajstić information content (AvgIpc) is 2.97. The van der Waals surface area contributed by atoms with Gasteiger partial charge in [0.15, 0.2) is 0 Å². The molecule has 1 aromatic carbocycles. The van der Waals surface area contributed by atoms with Crippen LogP contribution in [0.3, 0.4) is 0 Å². The van der Waals surface area contributed by atoms with E-state index in [2.05, 4.69) is 15.3 Å². The molecule has 13 heteroatoms. The van der Waals surface area contributed by atoms with E-state index in [0.717, 1.165) is 12.1 Å². The smallest absolute Gasteiger partial charge is 0.414 e. The molecule has 2 aromatic heterocycles. The van der Waals surface area contributed by atoms with Gasteiger partial charge in [0.25, 0.3) is 0 Å². The highest BCUT2D eigenvalue weighted by Crippen LogP contribution is 2.40. The highest BCUT2D eigenvalue weighted by molar-refractivity contribution is 6.36. The Bertz CT molecular complexity index is 1710. The van der Waals surface area contributed by atoms with E-state index in [1.807, 2.05) is 27.7 Å². The summed E-state index contributed by atoms with van der Waals surface area (Å²) in [5, 5.41) is 3.41. The number of amides is 3. The molecule has 0 saturated carbocycles. The second-order valence-corrected chi connectivity index (χ2v) is 14.2. The molecule has 1 N–H and O–H groups in total. The molecule has 2 aliphatic rings. The molecule has 252 valence electrons. The van der Waals surface area contributed by atoms with Crippen molar-refractivity contribution >= 4 is 52.2 Å². The number of carbonyl (C=O) groups is 3. The van der Waals surface area contributed by atoms with Gasteiger partial charge in [0.1, 0.15) is 28.9 Å². The van der Waals surface area contributed by atoms with Crippen LogP contribution >= 0.6 is 11.6 Å². The van der Waals surface area contributed by atoms with Crippen LogP contribution in [0.15, 0.2) is 24.5 Å². The summed E-state index contributed by atoms with van der Waals surface area (Å²) in [7, 11) is 0. The van der Waals surface area contributed by atoms with Crippen LogP contribution in [0.1, 0.15) is 72.1 Å². The number of ether oxygens (including phenoxy) is 3. The summed E-state index contributed by atoms with van der Waals surface area (Å²) >= 11 is 6.52. The van der Waals surface area contributed by atoms with Crippen molar-refractivity contribution in [1.82, 2.24) is 14.9 Å². The second-order valence-electron chi connectivity index (χ2n) is 13.9. The van der Waals surface area contributed by atoms with Gasteiger partial charge in [-0.2, -0.15) is 0 Å². The van der Waals surface area contributed by atoms with Crippen molar-refractivity contribution in [2.24, 2.45) is 0 Å². The van der Waals surface area contributed by atoms with E-state index in [1.165, 1.54) is 6.20 Å². The lowest BCUT2D eigenvalue weighted by Gasteiger charge is -2.33. The number of carbonyl (C=O) groups excluding carboxylic acids is 3. The minimum absolute atomic E-state index is 0.128. The zero-order valence-electron chi connectivity index (χ0n) is 27.8. The number of hydrogen-bond acceptors (Lipinski definition) is 8. The van der Waals surface area contributed by atoms with Gasteiger partial charge in [-0.3, -0.25) is 15.2 Å². The van der Waals surface area contributed by atoms with Gasteiger partial charge in [-0.25, -0.2) is 23.8 Å². The molecule has 1 fully saturated rings. The van der Waals surface area contributed by atoms with Gasteiger partial charge in [0, 0.05) is 61.4 Å². The number of nitrogens with one attached hydrogen (secondary N) is 1. The Kier molecular flexibility index (Phi) is 9.54. The van der Waals surface area contributed by atoms with Gasteiger partial charge < -0.3 is 19.1 Å². The molecule has 3 aromatic rings. The van der Waals surface area contributed by atoms with Crippen LogP contribution in [-0.4, -0.2) is 70.1 Å². The Morgan fingerprint density at radius 2 is 1.60 bits per heavy atom. The lowest BCUT2D eigenvalue weighted by Crippen LogP contribution is -2.44. The SMILES string of the molecule is Cc1c(-c2cc3cc(NC(=O)OC4CCN(C(=O)OC(C)(C)C)CC4)ncc3c(Cl)c2F)cnc2c1N(C(=O)OC(C)(C)C)CCC2. The fourth-order valence-electron chi connectivity index (χ4n) is 5.73. The monoisotopic (exact) mass is 669 g/mol. The Balaban J connectivity index is 1.35. The average molecular weight is 670 g/mol. The van der Waals surface area contributed by atoms with Crippen LogP contribution < -0.4 is 10.2 Å². The molecule has 0 spiro atoms. The number of aryl methyl sites for hydroxylation is 1. The van der Waals surface area contributed by atoms with E-state index in [4.69, 9.17) is 25.8 Å². The zero-order valence-corrected chi connectivity index (χ0v) is 28.6. The number of hydrogen-bond donors (Lipinski definition) is 1. The number of benzene rings is 1. The van der Waals surface area contributed by atoms with Crippen LogP contribution in [-0.2, 0) is 20.6 Å². The molecule has 0 unspecified atom stereocenters. The maximum Gasteiger partial charge on any atom is 0.414 e. The lowest BCUT2D eigenvalue weighted by atomic mass is 9.95. The summed E-state index contributed by atoms with van der Waals surface area (Å²) in [5.74, 6) is -0.456. The zero-order chi connectivity index (χ0) is 34.3. The van der Waals surface area contributed by atoms with Gasteiger partial charge in [-0.15, -0.1) is 0 Å². The van der Waals surface area contributed by atoms with Gasteiger partial charge in [-0.1, -0.05) is 11.6 Å². The molecular weight excluding hydrogens is 629 g/mol. The van der Waals surface area contributed by atoms with E-state index < -0.39 is 35.3 Å². The van der Waals surface area contributed by atoms with Crippen molar-refractivity contribution in [3.8, 4) is 11.1 Å². The van der Waals surface area contributed by atoms with Crippen molar-refractivity contribution in [3.63, 3.8) is 0 Å². The van der Waals surface area contributed by atoms with Crippen molar-refractivity contribution in [1.29, 1.82) is 0 Å². The predicted molar refractivity (Wildman–Crippen MR) is 178 cm³/mol. The summed E-state index contributed by atoms with van der Waals surface area (Å²) in [5.41, 5.74) is 1.41. The molecule has 0 atom stereocenters. The largest absolute Gasteiger partial charge is 0.446 e. The van der Waals surface area contributed by atoms with E-state index in [1.54, 1.807) is 48.9 Å². The standard InChI is InChI=1S/C34H41ClFN5O6/c1-19-23(17-37-25-9-8-12-41(29(19)25)32(44)47-34(5,6)7)22-15-20-16-26(38-18-24(20)27(35)28(22)36)39-30(42)45-21-10-13-40(14-11-21)31(43)46-33(2,3)4/h15-18,21H,8-14H2,1-7H3,(H,38,39,42). The second kappa shape index (κ2) is 13.1. The Hall–Kier alpha value is -4.19. The van der Waals surface area contributed by atoms with Crippen molar-refractivity contribution in [2.75, 3.05) is 29.9 Å². The van der Waals surface area contributed by atoms with Gasteiger partial charge in [-0.05, 0) is 84.4 Å². The quantitative estimate of drug-likeness (QED) is 0.278. The summed E-state index contributed by atoms with van der Waals surface area (Å²) in [6.07, 6.45) is 3.37. The van der Waals surface area contributed by atoms with Crippen LogP contribution in [0, 0.1) is 12.7 Å². The number of nitrogens with zero attached hydrogens (tertiary/aromatic N) is 4. The number of halogens is 2. The molecule has 0 bridgehead atoms. The lowest BCUT2D eigenvalue weighted by molar-refractivity contribution is 0.00790. The highest BCUT2D eigenvalue weighted by Gasteiger charge is 2.32. The molecule has 1 saturated heterocycles. The molecular formula is C34H41ClFN5O6. The maximum atomic E-state index is 15.8. The summed E-state index contributed by atoms with van der Waals surface area (Å²) in [4.78, 5) is 50.2. The van der Waals surface area contributed by atoms with E-state index in [-0.39, 0.29) is 22.5 Å². The predicted octanol–water partition coefficient (Wildman–Crippen LogP) is 8.03. The molecule has 4 heterocycles. The van der Waals surface area contributed by atoms with E-state index >= 15 is 4.39 Å². The fourth-order valence-corrected chi connectivity index (χ4v) is 5.99. The molecule has 3 amide bonds. The number of pyridine rings is 2. The van der Waals surface area contributed by atoms with Crippen LogP contribution in [0.4, 0.5) is 30.3 Å².